The fourth-order valence-corrected chi connectivity index (χ4v) is 8.97. The van der Waals surface area contributed by atoms with Crippen LogP contribution in [0.4, 0.5) is 0 Å². The number of primary amides is 2. The molecule has 0 aliphatic rings. The van der Waals surface area contributed by atoms with Crippen LogP contribution >= 0.6 is 0 Å². The maximum atomic E-state index is 13.2. The van der Waals surface area contributed by atoms with E-state index in [9.17, 15) is 49.2 Å². The summed E-state index contributed by atoms with van der Waals surface area (Å²) >= 11 is 0. The molecule has 24 nitrogen and oxygen atoms in total. The first-order chi connectivity index (χ1) is 45.9. The number of benzene rings is 2. The predicted octanol–water partition coefficient (Wildman–Crippen LogP) is 5.28. The van der Waals surface area contributed by atoms with Gasteiger partial charge in [0.25, 0.3) is 0 Å². The molecule has 0 aliphatic carbocycles. The van der Waals surface area contributed by atoms with Crippen molar-refractivity contribution in [2.45, 2.75) is 158 Å². The molecule has 88 heavy (non-hydrogen) atoms. The third kappa shape index (κ3) is 29.9. The van der Waals surface area contributed by atoms with Gasteiger partial charge in [-0.1, -0.05) is 67.5 Å². The van der Waals surface area contributed by atoms with Crippen LogP contribution in [0.15, 0.2) is 48.6 Å². The van der Waals surface area contributed by atoms with Crippen LogP contribution in [0.25, 0.3) is 0 Å². The first-order valence-corrected chi connectivity index (χ1v) is 29.1. The lowest BCUT2D eigenvalue weighted by atomic mass is 9.79. The molecular weight excluding hydrogens is 1140 g/mol. The van der Waals surface area contributed by atoms with E-state index in [0.29, 0.717) is 85.5 Å². The van der Waals surface area contributed by atoms with E-state index in [4.69, 9.17) is 78.0 Å². The molecule has 2 rings (SSSR count). The van der Waals surface area contributed by atoms with E-state index in [1.807, 2.05) is 27.7 Å². The molecular formula is C64H110N6O18. The van der Waals surface area contributed by atoms with Crippen molar-refractivity contribution in [3.05, 3.63) is 59.7 Å². The summed E-state index contributed by atoms with van der Waals surface area (Å²) in [4.78, 5) is 70.0. The van der Waals surface area contributed by atoms with Crippen molar-refractivity contribution in [1.82, 2.24) is 10.6 Å². The van der Waals surface area contributed by atoms with Crippen molar-refractivity contribution < 1.29 is 104 Å². The molecule has 4 amide bonds. The Morgan fingerprint density at radius 1 is 0.523 bits per heavy atom. The van der Waals surface area contributed by atoms with Crippen LogP contribution in [0.2, 0.25) is 0 Å². The molecule has 0 aliphatic heterocycles. The Hall–Kier alpha value is -6.12. The van der Waals surface area contributed by atoms with E-state index in [1.165, 1.54) is 14.2 Å². The molecule has 2 unspecified atom stereocenters. The minimum absolute atomic E-state index is 0.0627. The number of carboxylic acid groups (broad SMARTS) is 2. The van der Waals surface area contributed by atoms with Crippen LogP contribution in [-0.4, -0.2) is 158 Å². The number of carbonyl (C=O) groups excluding carboxylic acids is 4. The fraction of sp³-hybridized carbons (Fsp3) is 0.688. The van der Waals surface area contributed by atoms with Gasteiger partial charge in [0.15, 0.2) is 23.0 Å². The van der Waals surface area contributed by atoms with Gasteiger partial charge in [-0.3, -0.25) is 19.2 Å². The molecule has 0 aromatic heterocycles. The monoisotopic (exact) mass is 1260 g/mol. The summed E-state index contributed by atoms with van der Waals surface area (Å²) in [6.07, 6.45) is -1.85. The summed E-state index contributed by atoms with van der Waals surface area (Å²) in [7, 11) is 6.24. The highest BCUT2D eigenvalue weighted by Gasteiger charge is 2.36. The molecule has 2 aromatic rings. The molecule has 16 N–H and O–H groups in total. The maximum Gasteiger partial charge on any atom is 0.328 e. The summed E-state index contributed by atoms with van der Waals surface area (Å²) < 4.78 is 125. The number of aliphatic hydroxyl groups excluding tert-OH is 4. The first kappa shape index (κ1) is 62.1. The SMILES string of the molecule is O=C(O)/C=C/C(=O)O.[2H]C([2H])([2H])C(CNC(=O)[C@@H](C[C@H](O)[C@@H](N)C[C@@H](C(C)C)C(O)c1ccc(OC)c(OCCCOC)c1)C(C)C)(C(N)=O)C([2H])([2H])[2H].[2H]C([2H])([2H])C(CNC(=O)[C@@H](C[C@H](O)[C@@H](N)C[C@@H](C(C)C)C(O)c1ccc(OC)c(OCCCOC)c1)C(C)C)(C(N)=O)C([2H])([2H])[2H]. The standard InChI is InChI=1S/2C30H53N3O7.C4H4O4/c2*1-18(2)21(27(35)20-10-11-25(39-8)26(14-20)40-13-9-12-38-7)15-23(31)24(34)16-22(19(3)4)28(36)33-17-30(5,6)29(32)37;5-3(6)1-2-4(7)8/h2*10-11,14,18-19,21-24,27,34-35H,9,12-13,15-17,31H2,1-8H3,(H2,32,37)(H,33,36);1-2H,(H,5,6)(H,7,8)/b;;2-1+/t2*21-,22-,23-,24-,27?;/m00./s1/i2*5D3,6D3;. The van der Waals surface area contributed by atoms with Crippen molar-refractivity contribution in [2.24, 2.45) is 81.1 Å². The average Bonchev–Trinajstić information content (AvgIpc) is 0.754. The van der Waals surface area contributed by atoms with E-state index in [0.717, 1.165) is 0 Å². The van der Waals surface area contributed by atoms with Gasteiger partial charge in [0, 0.05) is 106 Å². The summed E-state index contributed by atoms with van der Waals surface area (Å²) in [5, 5.41) is 65.3. The number of hydrogen-bond acceptors (Lipinski definition) is 18. The smallest absolute Gasteiger partial charge is 0.328 e. The number of carbonyl (C=O) groups is 6. The van der Waals surface area contributed by atoms with Gasteiger partial charge in [-0.15, -0.1) is 0 Å². The van der Waals surface area contributed by atoms with E-state index in [1.54, 1.807) is 78.3 Å². The predicted molar refractivity (Wildman–Crippen MR) is 336 cm³/mol. The highest BCUT2D eigenvalue weighted by Crippen LogP contribution is 2.39. The number of amides is 4. The Labute approximate surface area is 539 Å². The van der Waals surface area contributed by atoms with Crippen LogP contribution in [0.1, 0.15) is 161 Å². The van der Waals surface area contributed by atoms with Crippen molar-refractivity contribution in [1.29, 1.82) is 0 Å². The number of nitrogens with two attached hydrogens (primary N) is 4. The Morgan fingerprint density at radius 3 is 1.10 bits per heavy atom. The summed E-state index contributed by atoms with van der Waals surface area (Å²) in [6, 6.07) is 8.54. The van der Waals surface area contributed by atoms with Crippen molar-refractivity contribution >= 4 is 35.6 Å². The zero-order valence-corrected chi connectivity index (χ0v) is 53.1. The molecule has 2 aromatic carbocycles. The third-order valence-corrected chi connectivity index (χ3v) is 14.7. The second-order valence-corrected chi connectivity index (χ2v) is 23.0. The van der Waals surface area contributed by atoms with Crippen molar-refractivity contribution in [3.63, 3.8) is 0 Å². The minimum atomic E-state index is -3.33. The van der Waals surface area contributed by atoms with Gasteiger partial charge >= 0.3 is 11.9 Å². The highest BCUT2D eigenvalue weighted by molar-refractivity contribution is 5.89. The lowest BCUT2D eigenvalue weighted by Gasteiger charge is -2.32. The summed E-state index contributed by atoms with van der Waals surface area (Å²) in [6.45, 7) is 0.908. The highest BCUT2D eigenvalue weighted by atomic mass is 16.5. The quantitative estimate of drug-likeness (QED) is 0.0298. The van der Waals surface area contributed by atoms with Gasteiger partial charge in [0.2, 0.25) is 23.6 Å². The van der Waals surface area contributed by atoms with E-state index in [-0.39, 0.29) is 49.4 Å². The molecule has 504 valence electrons. The first-order valence-electron chi connectivity index (χ1n) is 35.1. The molecule has 24 heteroatoms. The van der Waals surface area contributed by atoms with Crippen molar-refractivity contribution in [3.8, 4) is 23.0 Å². The molecule has 0 fully saturated rings. The van der Waals surface area contributed by atoms with Gasteiger partial charge in [-0.05, 0) is 124 Å². The maximum absolute atomic E-state index is 13.2. The number of carboxylic acids is 2. The summed E-state index contributed by atoms with van der Waals surface area (Å²) in [5.41, 5.74) is 18.5. The second kappa shape index (κ2) is 41.2. The lowest BCUT2D eigenvalue weighted by molar-refractivity contribution is -0.134. The Kier molecular flexibility index (Phi) is 29.1. The normalized spacial score (nSPS) is 17.8. The van der Waals surface area contributed by atoms with E-state index < -0.39 is 147 Å². The van der Waals surface area contributed by atoms with Crippen molar-refractivity contribution in [2.75, 3.05) is 68.0 Å². The lowest BCUT2D eigenvalue weighted by Crippen LogP contribution is -2.46. The van der Waals surface area contributed by atoms with Gasteiger partial charge < -0.3 is 92.6 Å². The number of aliphatic carboxylic acids is 2. The topological polar surface area (TPSA) is 407 Å². The number of nitrogens with one attached hydrogen (secondary N) is 2. The number of rotatable bonds is 40. The van der Waals surface area contributed by atoms with Crippen LogP contribution in [0.5, 0.6) is 23.0 Å². The fourth-order valence-electron chi connectivity index (χ4n) is 8.97. The molecule has 0 heterocycles. The Morgan fingerprint density at radius 2 is 0.852 bits per heavy atom. The molecule has 0 bridgehead atoms. The third-order valence-electron chi connectivity index (χ3n) is 14.7. The van der Waals surface area contributed by atoms with Gasteiger partial charge in [0.05, 0.1) is 62.7 Å². The van der Waals surface area contributed by atoms with Gasteiger partial charge in [-0.2, -0.15) is 0 Å². The minimum Gasteiger partial charge on any atom is -0.493 e. The Balaban J connectivity index is 0.00000176. The number of methoxy groups -OCH3 is 4. The molecule has 0 radical (unpaired) electrons. The van der Waals surface area contributed by atoms with Crippen LogP contribution in [0, 0.1) is 58.2 Å². The van der Waals surface area contributed by atoms with Crippen LogP contribution < -0.4 is 52.5 Å². The zero-order valence-electron chi connectivity index (χ0n) is 65.1. The van der Waals surface area contributed by atoms with E-state index >= 15 is 0 Å². The van der Waals surface area contributed by atoms with Crippen LogP contribution in [0.3, 0.4) is 0 Å². The summed E-state index contributed by atoms with van der Waals surface area (Å²) in [5.74, 6) is -8.77. The second-order valence-electron chi connectivity index (χ2n) is 23.0. The van der Waals surface area contributed by atoms with E-state index in [2.05, 4.69) is 10.6 Å². The van der Waals surface area contributed by atoms with Gasteiger partial charge in [0.1, 0.15) is 0 Å². The molecule has 0 saturated carbocycles. The number of ether oxygens (including phenoxy) is 6. The number of hydrogen-bond donors (Lipinski definition) is 12. The largest absolute Gasteiger partial charge is 0.493 e. The zero-order chi connectivity index (χ0) is 77.8. The average molecular weight is 1260 g/mol. The molecule has 0 spiro atoms. The van der Waals surface area contributed by atoms with Gasteiger partial charge in [-0.25, -0.2) is 9.59 Å². The van der Waals surface area contributed by atoms with Crippen LogP contribution in [-0.2, 0) is 38.2 Å². The molecule has 10 atom stereocenters. The molecule has 0 saturated heterocycles. The Bertz CT molecular complexity index is 2670. The number of aliphatic hydroxyl groups is 4.